The Morgan fingerprint density at radius 2 is 2.13 bits per heavy atom. The third-order valence-electron chi connectivity index (χ3n) is 4.38. The first-order valence-electron chi connectivity index (χ1n) is 7.73. The van der Waals surface area contributed by atoms with Gasteiger partial charge in [-0.2, -0.15) is 0 Å². The van der Waals surface area contributed by atoms with Crippen molar-refractivity contribution in [2.75, 3.05) is 11.4 Å². The Bertz CT molecular complexity index is 722. The molecule has 1 aliphatic heterocycles. The maximum Gasteiger partial charge on any atom is 0.227 e. The average molecular weight is 312 g/mol. The molecule has 1 atom stereocenters. The minimum absolute atomic E-state index is 0.00292. The molecule has 1 aliphatic rings. The smallest absolute Gasteiger partial charge is 0.227 e. The fourth-order valence-electron chi connectivity index (χ4n) is 2.88. The lowest BCUT2D eigenvalue weighted by Gasteiger charge is -2.20. The first-order chi connectivity index (χ1) is 11.1. The lowest BCUT2D eigenvalue weighted by molar-refractivity contribution is -0.126. The number of anilines is 1. The number of aryl methyl sites for hydroxylation is 1. The van der Waals surface area contributed by atoms with Crippen LogP contribution in [0.2, 0.25) is 0 Å². The third-order valence-corrected chi connectivity index (χ3v) is 4.38. The number of rotatable bonds is 4. The number of nitrogens with one attached hydrogen (secondary N) is 1. The molecular weight excluding hydrogens is 292 g/mol. The van der Waals surface area contributed by atoms with Crippen LogP contribution in [0, 0.1) is 19.8 Å². The zero-order chi connectivity index (χ0) is 16.4. The summed E-state index contributed by atoms with van der Waals surface area (Å²) in [5, 5.41) is 2.83. The molecule has 5 nitrogen and oxygen atoms in total. The van der Waals surface area contributed by atoms with E-state index in [0.717, 1.165) is 16.8 Å². The van der Waals surface area contributed by atoms with Gasteiger partial charge in [0.1, 0.15) is 5.76 Å². The second-order valence-corrected chi connectivity index (χ2v) is 5.92. The molecule has 120 valence electrons. The molecular formula is C18H20N2O3. The van der Waals surface area contributed by atoms with Crippen LogP contribution in [-0.2, 0) is 16.1 Å². The average Bonchev–Trinajstić information content (AvgIpc) is 3.17. The lowest BCUT2D eigenvalue weighted by atomic mass is 10.1. The van der Waals surface area contributed by atoms with Gasteiger partial charge in [-0.15, -0.1) is 0 Å². The molecule has 2 heterocycles. The first kappa shape index (κ1) is 15.3. The fourth-order valence-corrected chi connectivity index (χ4v) is 2.88. The van der Waals surface area contributed by atoms with Gasteiger partial charge in [-0.25, -0.2) is 0 Å². The van der Waals surface area contributed by atoms with E-state index < -0.39 is 0 Å². The normalized spacial score (nSPS) is 17.6. The van der Waals surface area contributed by atoms with Crippen molar-refractivity contribution >= 4 is 17.5 Å². The van der Waals surface area contributed by atoms with Crippen molar-refractivity contribution in [3.63, 3.8) is 0 Å². The number of furan rings is 1. The molecule has 0 aliphatic carbocycles. The molecule has 1 N–H and O–H groups in total. The van der Waals surface area contributed by atoms with E-state index in [0.29, 0.717) is 18.8 Å². The third kappa shape index (κ3) is 3.13. The Labute approximate surface area is 135 Å². The molecule has 3 rings (SSSR count). The SMILES string of the molecule is Cc1cccc(N2C[C@@H](C(=O)NCc3ccco3)CC2=O)c1C. The van der Waals surface area contributed by atoms with Crippen molar-refractivity contribution in [2.24, 2.45) is 5.92 Å². The van der Waals surface area contributed by atoms with Gasteiger partial charge in [0.15, 0.2) is 0 Å². The molecule has 1 fully saturated rings. The minimum Gasteiger partial charge on any atom is -0.467 e. The number of carbonyl (C=O) groups is 2. The summed E-state index contributed by atoms with van der Waals surface area (Å²) in [7, 11) is 0. The van der Waals surface area contributed by atoms with Crippen LogP contribution in [0.25, 0.3) is 0 Å². The highest BCUT2D eigenvalue weighted by atomic mass is 16.3. The van der Waals surface area contributed by atoms with Crippen LogP contribution < -0.4 is 10.2 Å². The van der Waals surface area contributed by atoms with E-state index in [-0.39, 0.29) is 24.2 Å². The Morgan fingerprint density at radius 3 is 2.87 bits per heavy atom. The number of amides is 2. The van der Waals surface area contributed by atoms with Gasteiger partial charge in [0.2, 0.25) is 11.8 Å². The van der Waals surface area contributed by atoms with E-state index in [4.69, 9.17) is 4.42 Å². The van der Waals surface area contributed by atoms with Crippen LogP contribution in [0.15, 0.2) is 41.0 Å². The van der Waals surface area contributed by atoms with Crippen LogP contribution >= 0.6 is 0 Å². The topological polar surface area (TPSA) is 62.6 Å². The molecule has 1 aromatic heterocycles. The Balaban J connectivity index is 1.67. The van der Waals surface area contributed by atoms with Gasteiger partial charge < -0.3 is 14.6 Å². The summed E-state index contributed by atoms with van der Waals surface area (Å²) in [4.78, 5) is 26.3. The summed E-state index contributed by atoms with van der Waals surface area (Å²) in [5.74, 6) is 0.269. The zero-order valence-corrected chi connectivity index (χ0v) is 13.3. The molecule has 23 heavy (non-hydrogen) atoms. The van der Waals surface area contributed by atoms with Crippen molar-refractivity contribution in [1.82, 2.24) is 5.32 Å². The van der Waals surface area contributed by atoms with E-state index in [1.807, 2.05) is 38.1 Å². The number of nitrogens with zero attached hydrogens (tertiary/aromatic N) is 1. The molecule has 1 aromatic carbocycles. The molecule has 0 spiro atoms. The van der Waals surface area contributed by atoms with Gasteiger partial charge in [0, 0.05) is 18.7 Å². The molecule has 2 amide bonds. The molecule has 0 bridgehead atoms. The van der Waals surface area contributed by atoms with Crippen molar-refractivity contribution in [3.8, 4) is 0 Å². The second-order valence-electron chi connectivity index (χ2n) is 5.92. The maximum absolute atomic E-state index is 12.3. The summed E-state index contributed by atoms with van der Waals surface area (Å²) in [6, 6.07) is 9.48. The van der Waals surface area contributed by atoms with E-state index >= 15 is 0 Å². The quantitative estimate of drug-likeness (QED) is 0.944. The number of hydrogen-bond acceptors (Lipinski definition) is 3. The fraction of sp³-hybridized carbons (Fsp3) is 0.333. The number of hydrogen-bond donors (Lipinski definition) is 1. The van der Waals surface area contributed by atoms with Gasteiger partial charge in [-0.1, -0.05) is 12.1 Å². The van der Waals surface area contributed by atoms with E-state index in [2.05, 4.69) is 5.32 Å². The standard InChI is InChI=1S/C18H20N2O3/c1-12-5-3-7-16(13(12)2)20-11-14(9-17(20)21)18(22)19-10-15-6-4-8-23-15/h3-8,14H,9-11H2,1-2H3,(H,19,22)/t14-/m0/s1. The summed E-state index contributed by atoms with van der Waals surface area (Å²) < 4.78 is 5.19. The monoisotopic (exact) mass is 312 g/mol. The van der Waals surface area contributed by atoms with Crippen molar-refractivity contribution < 1.29 is 14.0 Å². The Morgan fingerprint density at radius 1 is 1.30 bits per heavy atom. The summed E-state index contributed by atoms with van der Waals surface area (Å²) in [6.07, 6.45) is 1.82. The van der Waals surface area contributed by atoms with Crippen LogP contribution in [0.4, 0.5) is 5.69 Å². The largest absolute Gasteiger partial charge is 0.467 e. The predicted molar refractivity (Wildman–Crippen MR) is 86.9 cm³/mol. The minimum atomic E-state index is -0.322. The Kier molecular flexibility index (Phi) is 4.19. The molecule has 0 saturated carbocycles. The van der Waals surface area contributed by atoms with Gasteiger partial charge in [0.25, 0.3) is 0 Å². The van der Waals surface area contributed by atoms with E-state index in [1.54, 1.807) is 17.2 Å². The van der Waals surface area contributed by atoms with E-state index in [9.17, 15) is 9.59 Å². The van der Waals surface area contributed by atoms with Crippen molar-refractivity contribution in [1.29, 1.82) is 0 Å². The van der Waals surface area contributed by atoms with Crippen LogP contribution in [-0.4, -0.2) is 18.4 Å². The highest BCUT2D eigenvalue weighted by Gasteiger charge is 2.35. The summed E-state index contributed by atoms with van der Waals surface area (Å²) >= 11 is 0. The number of carbonyl (C=O) groups excluding carboxylic acids is 2. The first-order valence-corrected chi connectivity index (χ1v) is 7.73. The zero-order valence-electron chi connectivity index (χ0n) is 13.3. The van der Waals surface area contributed by atoms with Crippen molar-refractivity contribution in [3.05, 3.63) is 53.5 Å². The van der Waals surface area contributed by atoms with Crippen molar-refractivity contribution in [2.45, 2.75) is 26.8 Å². The van der Waals surface area contributed by atoms with Gasteiger partial charge in [-0.05, 0) is 43.2 Å². The number of benzene rings is 1. The molecule has 5 heteroatoms. The van der Waals surface area contributed by atoms with Gasteiger partial charge in [0.05, 0.1) is 18.7 Å². The molecule has 2 aromatic rings. The molecule has 0 radical (unpaired) electrons. The van der Waals surface area contributed by atoms with Gasteiger partial charge in [-0.3, -0.25) is 9.59 Å². The lowest BCUT2D eigenvalue weighted by Crippen LogP contribution is -2.32. The highest BCUT2D eigenvalue weighted by molar-refractivity contribution is 6.00. The Hall–Kier alpha value is -2.56. The summed E-state index contributed by atoms with van der Waals surface area (Å²) in [6.45, 7) is 4.79. The van der Waals surface area contributed by atoms with Crippen LogP contribution in [0.3, 0.4) is 0 Å². The van der Waals surface area contributed by atoms with Crippen LogP contribution in [0.5, 0.6) is 0 Å². The highest BCUT2D eigenvalue weighted by Crippen LogP contribution is 2.29. The molecule has 1 saturated heterocycles. The summed E-state index contributed by atoms with van der Waals surface area (Å²) in [5.41, 5.74) is 3.12. The van der Waals surface area contributed by atoms with Gasteiger partial charge >= 0.3 is 0 Å². The second kappa shape index (κ2) is 6.28. The molecule has 0 unspecified atom stereocenters. The predicted octanol–water partition coefficient (Wildman–Crippen LogP) is 2.57. The maximum atomic E-state index is 12.3. The van der Waals surface area contributed by atoms with Crippen LogP contribution in [0.1, 0.15) is 23.3 Å². The van der Waals surface area contributed by atoms with E-state index in [1.165, 1.54) is 0 Å².